The molecule has 1 aromatic rings. The number of hydrogen-bond donors (Lipinski definition) is 0. The lowest BCUT2D eigenvalue weighted by molar-refractivity contribution is 0.0119. The number of pyridine rings is 1. The van der Waals surface area contributed by atoms with Crippen LogP contribution in [0.4, 0.5) is 0 Å². The first-order valence-corrected chi connectivity index (χ1v) is 8.90. The van der Waals surface area contributed by atoms with Crippen molar-refractivity contribution in [3.63, 3.8) is 0 Å². The second kappa shape index (κ2) is 8.12. The second-order valence-electron chi connectivity index (χ2n) is 6.85. The Morgan fingerprint density at radius 3 is 2.76 bits per heavy atom. The molecule has 0 saturated carbocycles. The van der Waals surface area contributed by atoms with E-state index in [9.17, 15) is 9.59 Å². The lowest BCUT2D eigenvalue weighted by Gasteiger charge is -2.34. The second-order valence-corrected chi connectivity index (χ2v) is 6.85. The van der Waals surface area contributed by atoms with Crippen LogP contribution in [0, 0.1) is 5.92 Å². The minimum absolute atomic E-state index is 0.00576. The van der Waals surface area contributed by atoms with Gasteiger partial charge in [-0.25, -0.2) is 0 Å². The standard InChI is InChI=1S/C18H27N3O4/c1-14-11-21(13-16(14)19-6-9-25-10-7-19)18(23)15-3-4-17(22)20(12-15)5-8-24-2/h3-4,12,14,16H,5-11,13H2,1-2H3/t14-,16+/m1/s1. The molecule has 7 nitrogen and oxygen atoms in total. The molecule has 0 radical (unpaired) electrons. The summed E-state index contributed by atoms with van der Waals surface area (Å²) >= 11 is 0. The molecule has 2 fully saturated rings. The number of morpholine rings is 1. The summed E-state index contributed by atoms with van der Waals surface area (Å²) in [6.07, 6.45) is 1.65. The maximum Gasteiger partial charge on any atom is 0.255 e. The summed E-state index contributed by atoms with van der Waals surface area (Å²) in [5.74, 6) is 0.426. The fourth-order valence-corrected chi connectivity index (χ4v) is 3.70. The molecule has 0 aliphatic carbocycles. The van der Waals surface area contributed by atoms with Crippen molar-refractivity contribution in [3.8, 4) is 0 Å². The van der Waals surface area contributed by atoms with Crippen LogP contribution in [-0.2, 0) is 16.0 Å². The first-order valence-electron chi connectivity index (χ1n) is 8.90. The van der Waals surface area contributed by atoms with Gasteiger partial charge in [-0.3, -0.25) is 14.5 Å². The number of methoxy groups -OCH3 is 1. The Kier molecular flexibility index (Phi) is 5.88. The number of ether oxygens (including phenoxy) is 2. The SMILES string of the molecule is COCCn1cc(C(=O)N2C[C@@H](C)[C@@H](N3CCOCC3)C2)ccc1=O. The third-order valence-electron chi connectivity index (χ3n) is 5.14. The van der Waals surface area contributed by atoms with Crippen LogP contribution in [0.1, 0.15) is 17.3 Å². The average Bonchev–Trinajstić information content (AvgIpc) is 3.03. The topological polar surface area (TPSA) is 64.0 Å². The monoisotopic (exact) mass is 349 g/mol. The zero-order valence-corrected chi connectivity index (χ0v) is 15.0. The number of likely N-dealkylation sites (tertiary alicyclic amines) is 1. The Labute approximate surface area is 148 Å². The maximum atomic E-state index is 12.9. The van der Waals surface area contributed by atoms with Crippen molar-refractivity contribution in [2.75, 3.05) is 53.1 Å². The Morgan fingerprint density at radius 1 is 1.28 bits per heavy atom. The molecule has 0 N–H and O–H groups in total. The van der Waals surface area contributed by atoms with E-state index in [1.165, 1.54) is 10.6 Å². The van der Waals surface area contributed by atoms with E-state index in [-0.39, 0.29) is 11.5 Å². The molecule has 0 spiro atoms. The molecule has 2 atom stereocenters. The van der Waals surface area contributed by atoms with Gasteiger partial charge >= 0.3 is 0 Å². The van der Waals surface area contributed by atoms with Crippen LogP contribution in [0.3, 0.4) is 0 Å². The normalized spacial score (nSPS) is 24.6. The fourth-order valence-electron chi connectivity index (χ4n) is 3.70. The lowest BCUT2D eigenvalue weighted by atomic mass is 10.0. The van der Waals surface area contributed by atoms with Crippen LogP contribution < -0.4 is 5.56 Å². The molecule has 0 bridgehead atoms. The Morgan fingerprint density at radius 2 is 2.04 bits per heavy atom. The molecule has 25 heavy (non-hydrogen) atoms. The quantitative estimate of drug-likeness (QED) is 0.764. The van der Waals surface area contributed by atoms with Crippen molar-refractivity contribution >= 4 is 5.91 Å². The molecule has 2 aliphatic rings. The highest BCUT2D eigenvalue weighted by molar-refractivity contribution is 5.94. The molecule has 3 heterocycles. The first kappa shape index (κ1) is 18.1. The van der Waals surface area contributed by atoms with Gasteiger partial charge in [0.15, 0.2) is 0 Å². The van der Waals surface area contributed by atoms with Crippen molar-refractivity contribution < 1.29 is 14.3 Å². The lowest BCUT2D eigenvalue weighted by Crippen LogP contribution is -2.47. The van der Waals surface area contributed by atoms with Crippen molar-refractivity contribution in [3.05, 3.63) is 34.2 Å². The van der Waals surface area contributed by atoms with E-state index < -0.39 is 0 Å². The summed E-state index contributed by atoms with van der Waals surface area (Å²) in [6.45, 7) is 7.96. The highest BCUT2D eigenvalue weighted by Crippen LogP contribution is 2.24. The van der Waals surface area contributed by atoms with Gasteiger partial charge in [0, 0.05) is 58.1 Å². The fraction of sp³-hybridized carbons (Fsp3) is 0.667. The highest BCUT2D eigenvalue weighted by Gasteiger charge is 2.36. The first-order chi connectivity index (χ1) is 12.1. The molecule has 7 heteroatoms. The summed E-state index contributed by atoms with van der Waals surface area (Å²) in [5.41, 5.74) is 0.445. The van der Waals surface area contributed by atoms with E-state index in [1.54, 1.807) is 19.4 Å². The number of hydrogen-bond acceptors (Lipinski definition) is 5. The predicted molar refractivity (Wildman–Crippen MR) is 93.8 cm³/mol. The van der Waals surface area contributed by atoms with Gasteiger partial charge in [-0.05, 0) is 12.0 Å². The van der Waals surface area contributed by atoms with Crippen molar-refractivity contribution in [2.45, 2.75) is 19.5 Å². The molecule has 2 saturated heterocycles. The van der Waals surface area contributed by atoms with Gasteiger partial charge in [-0.1, -0.05) is 6.92 Å². The number of carbonyl (C=O) groups excluding carboxylic acids is 1. The molecule has 0 unspecified atom stereocenters. The Balaban J connectivity index is 1.69. The molecule has 2 aliphatic heterocycles. The number of amides is 1. The van der Waals surface area contributed by atoms with Crippen LogP contribution in [0.15, 0.2) is 23.1 Å². The summed E-state index contributed by atoms with van der Waals surface area (Å²) in [4.78, 5) is 29.1. The summed E-state index contributed by atoms with van der Waals surface area (Å²) in [5, 5.41) is 0. The summed E-state index contributed by atoms with van der Waals surface area (Å²) < 4.78 is 12.0. The summed E-state index contributed by atoms with van der Waals surface area (Å²) in [7, 11) is 1.59. The Hall–Kier alpha value is -1.70. The predicted octanol–water partition coefficient (Wildman–Crippen LogP) is 0.287. The smallest absolute Gasteiger partial charge is 0.255 e. The highest BCUT2D eigenvalue weighted by atomic mass is 16.5. The molecule has 1 amide bonds. The average molecular weight is 349 g/mol. The Bertz CT molecular complexity index is 654. The third-order valence-corrected chi connectivity index (χ3v) is 5.14. The molecule has 0 aromatic carbocycles. The van der Waals surface area contributed by atoms with E-state index in [1.807, 2.05) is 4.90 Å². The van der Waals surface area contributed by atoms with Crippen LogP contribution in [0.2, 0.25) is 0 Å². The zero-order valence-electron chi connectivity index (χ0n) is 15.0. The van der Waals surface area contributed by atoms with Gasteiger partial charge in [-0.15, -0.1) is 0 Å². The van der Waals surface area contributed by atoms with E-state index in [2.05, 4.69) is 11.8 Å². The minimum Gasteiger partial charge on any atom is -0.383 e. The van der Waals surface area contributed by atoms with E-state index in [0.29, 0.717) is 30.7 Å². The van der Waals surface area contributed by atoms with E-state index >= 15 is 0 Å². The van der Waals surface area contributed by atoms with Gasteiger partial charge in [0.25, 0.3) is 11.5 Å². The molecule has 1 aromatic heterocycles. The van der Waals surface area contributed by atoms with Crippen LogP contribution in [-0.4, -0.2) is 79.4 Å². The maximum absolute atomic E-state index is 12.9. The van der Waals surface area contributed by atoms with Gasteiger partial charge in [-0.2, -0.15) is 0 Å². The zero-order chi connectivity index (χ0) is 17.8. The minimum atomic E-state index is -0.116. The van der Waals surface area contributed by atoms with E-state index in [0.717, 1.165) is 39.4 Å². The van der Waals surface area contributed by atoms with Gasteiger partial charge in [0.05, 0.1) is 25.4 Å². The summed E-state index contributed by atoms with van der Waals surface area (Å²) in [6, 6.07) is 3.47. The van der Waals surface area contributed by atoms with Crippen LogP contribution >= 0.6 is 0 Å². The van der Waals surface area contributed by atoms with Gasteiger partial charge in [0.2, 0.25) is 0 Å². The number of rotatable bonds is 5. The van der Waals surface area contributed by atoms with Crippen molar-refractivity contribution in [1.29, 1.82) is 0 Å². The molecular formula is C18H27N3O4. The molecule has 3 rings (SSSR count). The van der Waals surface area contributed by atoms with E-state index in [4.69, 9.17) is 9.47 Å². The third kappa shape index (κ3) is 4.11. The number of nitrogens with zero attached hydrogens (tertiary/aromatic N) is 3. The van der Waals surface area contributed by atoms with Gasteiger partial charge < -0.3 is 18.9 Å². The molecular weight excluding hydrogens is 322 g/mol. The van der Waals surface area contributed by atoms with Crippen LogP contribution in [0.5, 0.6) is 0 Å². The van der Waals surface area contributed by atoms with Crippen LogP contribution in [0.25, 0.3) is 0 Å². The molecule has 138 valence electrons. The van der Waals surface area contributed by atoms with Gasteiger partial charge in [0.1, 0.15) is 0 Å². The number of carbonyl (C=O) groups is 1. The van der Waals surface area contributed by atoms with Crippen molar-refractivity contribution in [1.82, 2.24) is 14.4 Å². The number of aromatic nitrogens is 1. The largest absolute Gasteiger partial charge is 0.383 e. The van der Waals surface area contributed by atoms with Crippen molar-refractivity contribution in [2.24, 2.45) is 5.92 Å².